The van der Waals surface area contributed by atoms with Crippen LogP contribution in [0.25, 0.3) is 0 Å². The molecule has 176 valence electrons. The smallest absolute Gasteiger partial charge is 0.253 e. The van der Waals surface area contributed by atoms with E-state index < -0.39 is 0 Å². The van der Waals surface area contributed by atoms with E-state index in [4.69, 9.17) is 9.47 Å². The number of carbonyl (C=O) groups excluding carboxylic acids is 2. The summed E-state index contributed by atoms with van der Waals surface area (Å²) in [6.07, 6.45) is 2.10. The van der Waals surface area contributed by atoms with E-state index in [2.05, 4.69) is 15.5 Å². The second-order valence-corrected chi connectivity index (χ2v) is 8.31. The Kier molecular flexibility index (Phi) is 7.67. The molecule has 4 rings (SSSR count). The van der Waals surface area contributed by atoms with Crippen molar-refractivity contribution in [2.75, 3.05) is 63.2 Å². The minimum absolute atomic E-state index is 0.0268. The third-order valence-corrected chi connectivity index (χ3v) is 6.19. The topological polar surface area (TPSA) is 83.1 Å². The maximum absolute atomic E-state index is 12.8. The molecule has 2 saturated heterocycles. The molecule has 0 unspecified atom stereocenters. The maximum Gasteiger partial charge on any atom is 0.253 e. The molecule has 0 radical (unpaired) electrons. The van der Waals surface area contributed by atoms with Gasteiger partial charge < -0.3 is 29.9 Å². The molecule has 0 aromatic heterocycles. The fourth-order valence-corrected chi connectivity index (χ4v) is 4.23. The van der Waals surface area contributed by atoms with Gasteiger partial charge in [0.1, 0.15) is 5.75 Å². The number of ether oxygens (including phenoxy) is 2. The number of hydrogen-bond donors (Lipinski definition) is 2. The predicted molar refractivity (Wildman–Crippen MR) is 128 cm³/mol. The molecule has 2 aromatic rings. The molecule has 2 aliphatic rings. The zero-order valence-electron chi connectivity index (χ0n) is 19.1. The van der Waals surface area contributed by atoms with E-state index in [9.17, 15) is 9.59 Å². The van der Waals surface area contributed by atoms with Crippen LogP contribution in [0.15, 0.2) is 48.5 Å². The van der Waals surface area contributed by atoms with Gasteiger partial charge in [-0.1, -0.05) is 12.1 Å². The molecular weight excluding hydrogens is 420 g/mol. The largest absolute Gasteiger partial charge is 0.497 e. The number of methoxy groups -OCH3 is 1. The van der Waals surface area contributed by atoms with Gasteiger partial charge in [0, 0.05) is 50.7 Å². The van der Waals surface area contributed by atoms with Crippen molar-refractivity contribution >= 4 is 23.2 Å². The number of anilines is 2. The predicted octanol–water partition coefficient (Wildman–Crippen LogP) is 2.36. The number of nitrogens with zero attached hydrogens (tertiary/aromatic N) is 2. The Hall–Kier alpha value is -3.26. The van der Waals surface area contributed by atoms with Gasteiger partial charge in [-0.2, -0.15) is 0 Å². The van der Waals surface area contributed by atoms with Gasteiger partial charge >= 0.3 is 0 Å². The minimum Gasteiger partial charge on any atom is -0.497 e. The molecule has 0 aliphatic carbocycles. The first-order valence-corrected chi connectivity index (χ1v) is 11.5. The Morgan fingerprint density at radius 1 is 1.06 bits per heavy atom. The Bertz CT molecular complexity index is 936. The lowest BCUT2D eigenvalue weighted by molar-refractivity contribution is -0.129. The van der Waals surface area contributed by atoms with Gasteiger partial charge in [0.05, 0.1) is 25.3 Å². The molecule has 2 aromatic carbocycles. The van der Waals surface area contributed by atoms with E-state index in [0.717, 1.165) is 44.0 Å². The van der Waals surface area contributed by atoms with Crippen molar-refractivity contribution < 1.29 is 19.1 Å². The molecule has 8 nitrogen and oxygen atoms in total. The third-order valence-electron chi connectivity index (χ3n) is 6.19. The zero-order chi connectivity index (χ0) is 23.0. The Morgan fingerprint density at radius 3 is 2.52 bits per heavy atom. The van der Waals surface area contributed by atoms with E-state index in [1.165, 1.54) is 0 Å². The summed E-state index contributed by atoms with van der Waals surface area (Å²) >= 11 is 0. The Balaban J connectivity index is 1.26. The summed E-state index contributed by atoms with van der Waals surface area (Å²) in [5, 5.41) is 6.11. The van der Waals surface area contributed by atoms with Crippen molar-refractivity contribution in [3.05, 3.63) is 54.1 Å². The summed E-state index contributed by atoms with van der Waals surface area (Å²) in [6.45, 7) is 4.30. The second-order valence-electron chi connectivity index (χ2n) is 8.31. The second kappa shape index (κ2) is 11.0. The molecule has 1 atom stereocenters. The van der Waals surface area contributed by atoms with Gasteiger partial charge in [-0.25, -0.2) is 0 Å². The first-order valence-electron chi connectivity index (χ1n) is 11.5. The molecule has 2 fully saturated rings. The van der Waals surface area contributed by atoms with Crippen LogP contribution in [0.4, 0.5) is 11.4 Å². The summed E-state index contributed by atoms with van der Waals surface area (Å²) in [6, 6.07) is 15.3. The summed E-state index contributed by atoms with van der Waals surface area (Å²) in [4.78, 5) is 29.6. The highest BCUT2D eigenvalue weighted by Crippen LogP contribution is 2.21. The van der Waals surface area contributed by atoms with Crippen molar-refractivity contribution in [3.63, 3.8) is 0 Å². The van der Waals surface area contributed by atoms with Crippen LogP contribution in [0.1, 0.15) is 23.2 Å². The average Bonchev–Trinajstić information content (AvgIpc) is 3.40. The Morgan fingerprint density at radius 2 is 1.82 bits per heavy atom. The molecule has 2 aliphatic heterocycles. The van der Waals surface area contributed by atoms with Crippen LogP contribution in [0.2, 0.25) is 0 Å². The van der Waals surface area contributed by atoms with Crippen molar-refractivity contribution in [2.24, 2.45) is 0 Å². The van der Waals surface area contributed by atoms with Gasteiger partial charge in [-0.05, 0) is 49.2 Å². The number of nitrogens with one attached hydrogen (secondary N) is 2. The number of para-hydroxylation sites is 1. The van der Waals surface area contributed by atoms with Gasteiger partial charge in [-0.3, -0.25) is 9.59 Å². The molecule has 0 spiro atoms. The summed E-state index contributed by atoms with van der Waals surface area (Å²) < 4.78 is 10.8. The quantitative estimate of drug-likeness (QED) is 0.640. The van der Waals surface area contributed by atoms with E-state index in [0.29, 0.717) is 30.9 Å². The number of rotatable bonds is 8. The standard InChI is InChI=1S/C25H32N4O4/c1-32-20-10-8-19(9-11-20)28-12-14-29(15-13-28)24(30)18-26-23-7-3-2-6-22(23)25(31)27-17-21-5-4-16-33-21/h2-3,6-11,21,26H,4-5,12-18H2,1H3,(H,27,31)/t21-/m0/s1. The van der Waals surface area contributed by atoms with Crippen LogP contribution < -0.4 is 20.3 Å². The summed E-state index contributed by atoms with van der Waals surface area (Å²) in [5.41, 5.74) is 2.32. The number of piperazine rings is 1. The lowest BCUT2D eigenvalue weighted by Gasteiger charge is -2.36. The van der Waals surface area contributed by atoms with Crippen LogP contribution in [0.5, 0.6) is 5.75 Å². The van der Waals surface area contributed by atoms with Crippen LogP contribution in [0, 0.1) is 0 Å². The van der Waals surface area contributed by atoms with Crippen molar-refractivity contribution in [1.29, 1.82) is 0 Å². The fourth-order valence-electron chi connectivity index (χ4n) is 4.23. The fraction of sp³-hybridized carbons (Fsp3) is 0.440. The molecule has 0 saturated carbocycles. The molecule has 2 heterocycles. The van der Waals surface area contributed by atoms with E-state index in [1.54, 1.807) is 13.2 Å². The summed E-state index contributed by atoms with van der Waals surface area (Å²) in [7, 11) is 1.66. The highest BCUT2D eigenvalue weighted by atomic mass is 16.5. The molecule has 2 amide bonds. The molecule has 0 bridgehead atoms. The van der Waals surface area contributed by atoms with Crippen LogP contribution in [0.3, 0.4) is 0 Å². The van der Waals surface area contributed by atoms with Crippen molar-refractivity contribution in [1.82, 2.24) is 10.2 Å². The number of amides is 2. The molecule has 33 heavy (non-hydrogen) atoms. The van der Waals surface area contributed by atoms with Gasteiger partial charge in [-0.15, -0.1) is 0 Å². The summed E-state index contributed by atoms with van der Waals surface area (Å²) in [5.74, 6) is 0.701. The van der Waals surface area contributed by atoms with Crippen molar-refractivity contribution in [2.45, 2.75) is 18.9 Å². The SMILES string of the molecule is COc1ccc(N2CCN(C(=O)CNc3ccccc3C(=O)NC[C@@H]3CCCO3)CC2)cc1. The van der Waals surface area contributed by atoms with Gasteiger partial charge in [0.25, 0.3) is 5.91 Å². The third kappa shape index (κ3) is 5.96. The highest BCUT2D eigenvalue weighted by Gasteiger charge is 2.22. The number of carbonyl (C=O) groups is 2. The zero-order valence-corrected chi connectivity index (χ0v) is 19.1. The maximum atomic E-state index is 12.8. The highest BCUT2D eigenvalue weighted by molar-refractivity contribution is 6.00. The normalized spacial score (nSPS) is 18.2. The molecule has 8 heteroatoms. The lowest BCUT2D eigenvalue weighted by Crippen LogP contribution is -2.50. The number of benzene rings is 2. The Labute approximate surface area is 194 Å². The minimum atomic E-state index is -0.158. The first kappa shape index (κ1) is 22.9. The van der Waals surface area contributed by atoms with Crippen LogP contribution in [-0.2, 0) is 9.53 Å². The average molecular weight is 453 g/mol. The van der Waals surface area contributed by atoms with Crippen LogP contribution in [-0.4, -0.2) is 75.8 Å². The number of hydrogen-bond acceptors (Lipinski definition) is 6. The molecule has 2 N–H and O–H groups in total. The van der Waals surface area contributed by atoms with E-state index in [1.807, 2.05) is 47.4 Å². The monoisotopic (exact) mass is 452 g/mol. The first-order chi connectivity index (χ1) is 16.1. The van der Waals surface area contributed by atoms with E-state index in [-0.39, 0.29) is 24.5 Å². The van der Waals surface area contributed by atoms with Gasteiger partial charge in [0.2, 0.25) is 5.91 Å². The van der Waals surface area contributed by atoms with Crippen molar-refractivity contribution in [3.8, 4) is 5.75 Å². The van der Waals surface area contributed by atoms with Crippen LogP contribution >= 0.6 is 0 Å². The molecular formula is C25H32N4O4. The van der Waals surface area contributed by atoms with E-state index >= 15 is 0 Å². The lowest BCUT2D eigenvalue weighted by atomic mass is 10.1. The van der Waals surface area contributed by atoms with Gasteiger partial charge in [0.15, 0.2) is 0 Å².